The number of hydrogen-bond donors (Lipinski definition) is 0. The van der Waals surface area contributed by atoms with E-state index in [2.05, 4.69) is 97.1 Å². The Labute approximate surface area is 210 Å². The quantitative estimate of drug-likeness (QED) is 0.259. The van der Waals surface area contributed by atoms with Crippen LogP contribution in [0.5, 0.6) is 11.5 Å². The molecule has 0 unspecified atom stereocenters. The number of ether oxygens (including phenoxy) is 2. The van der Waals surface area contributed by atoms with Gasteiger partial charge in [-0.1, -0.05) is 97.1 Å². The number of fused-ring (bicyclic) bond motifs is 4. The minimum Gasteiger partial charge on any atom is -0.496 e. The van der Waals surface area contributed by atoms with Crippen molar-refractivity contribution in [3.63, 3.8) is 0 Å². The van der Waals surface area contributed by atoms with Crippen LogP contribution in [0, 0.1) is 0 Å². The Morgan fingerprint density at radius 1 is 0.389 bits per heavy atom. The van der Waals surface area contributed by atoms with Gasteiger partial charge in [0.1, 0.15) is 11.5 Å². The van der Waals surface area contributed by atoms with Crippen LogP contribution in [0.25, 0.3) is 66.1 Å². The SMILES string of the molecule is COc1ccc(OC)c2c(-c3ccccc3)c3c(c(-c4ccccc4)c12)-c1cccc2cccc-3c12. The third kappa shape index (κ3) is 2.79. The Kier molecular flexibility index (Phi) is 4.62. The van der Waals surface area contributed by atoms with Crippen molar-refractivity contribution in [3.05, 3.63) is 109 Å². The topological polar surface area (TPSA) is 18.5 Å². The smallest absolute Gasteiger partial charge is 0.127 e. The molecule has 1 aliphatic carbocycles. The molecule has 0 aromatic heterocycles. The largest absolute Gasteiger partial charge is 0.496 e. The molecule has 0 radical (unpaired) electrons. The summed E-state index contributed by atoms with van der Waals surface area (Å²) >= 11 is 0. The van der Waals surface area contributed by atoms with E-state index in [1.54, 1.807) is 14.2 Å². The summed E-state index contributed by atoms with van der Waals surface area (Å²) < 4.78 is 12.1. The van der Waals surface area contributed by atoms with Crippen LogP contribution in [0.15, 0.2) is 109 Å². The van der Waals surface area contributed by atoms with Crippen molar-refractivity contribution < 1.29 is 9.47 Å². The van der Waals surface area contributed by atoms with Gasteiger partial charge in [-0.2, -0.15) is 0 Å². The molecule has 0 spiro atoms. The van der Waals surface area contributed by atoms with E-state index in [9.17, 15) is 0 Å². The zero-order chi connectivity index (χ0) is 24.2. The van der Waals surface area contributed by atoms with Crippen molar-refractivity contribution in [2.75, 3.05) is 14.2 Å². The van der Waals surface area contributed by atoms with Gasteiger partial charge in [-0.05, 0) is 56.3 Å². The molecule has 1 aliphatic rings. The highest BCUT2D eigenvalue weighted by Gasteiger charge is 2.32. The summed E-state index contributed by atoms with van der Waals surface area (Å²) in [5.41, 5.74) is 9.72. The van der Waals surface area contributed by atoms with Gasteiger partial charge in [0.2, 0.25) is 0 Å². The molecule has 0 fully saturated rings. The highest BCUT2D eigenvalue weighted by atomic mass is 16.5. The Morgan fingerprint density at radius 3 is 1.25 bits per heavy atom. The molecule has 0 atom stereocenters. The van der Waals surface area contributed by atoms with E-state index in [-0.39, 0.29) is 0 Å². The monoisotopic (exact) mass is 464 g/mol. The van der Waals surface area contributed by atoms with Crippen LogP contribution in [0.3, 0.4) is 0 Å². The molecule has 0 saturated carbocycles. The molecule has 0 aliphatic heterocycles. The molecule has 7 rings (SSSR count). The van der Waals surface area contributed by atoms with Crippen LogP contribution in [0.4, 0.5) is 0 Å². The lowest BCUT2D eigenvalue weighted by atomic mass is 9.82. The average molecular weight is 465 g/mol. The van der Waals surface area contributed by atoms with Crippen LogP contribution in [0.2, 0.25) is 0 Å². The van der Waals surface area contributed by atoms with E-state index in [1.807, 2.05) is 12.1 Å². The Hall–Kier alpha value is -4.56. The van der Waals surface area contributed by atoms with Gasteiger partial charge in [0, 0.05) is 21.9 Å². The lowest BCUT2D eigenvalue weighted by Crippen LogP contribution is -1.98. The molecule has 172 valence electrons. The van der Waals surface area contributed by atoms with Crippen LogP contribution in [-0.2, 0) is 0 Å². The van der Waals surface area contributed by atoms with Crippen LogP contribution >= 0.6 is 0 Å². The Morgan fingerprint density at radius 2 is 0.833 bits per heavy atom. The van der Waals surface area contributed by atoms with Gasteiger partial charge < -0.3 is 9.47 Å². The zero-order valence-corrected chi connectivity index (χ0v) is 20.2. The maximum atomic E-state index is 6.03. The van der Waals surface area contributed by atoms with E-state index in [1.165, 1.54) is 44.2 Å². The minimum absolute atomic E-state index is 0.841. The molecule has 0 amide bonds. The zero-order valence-electron chi connectivity index (χ0n) is 20.2. The molecule has 2 heteroatoms. The van der Waals surface area contributed by atoms with E-state index in [4.69, 9.17) is 9.47 Å². The molecule has 0 bridgehead atoms. The van der Waals surface area contributed by atoms with Crippen molar-refractivity contribution in [2.45, 2.75) is 0 Å². The van der Waals surface area contributed by atoms with Crippen LogP contribution in [0.1, 0.15) is 0 Å². The molecule has 6 aromatic rings. The van der Waals surface area contributed by atoms with Crippen LogP contribution in [-0.4, -0.2) is 14.2 Å². The van der Waals surface area contributed by atoms with E-state index < -0.39 is 0 Å². The van der Waals surface area contributed by atoms with Crippen molar-refractivity contribution in [1.29, 1.82) is 0 Å². The average Bonchev–Trinajstić information content (AvgIpc) is 3.28. The summed E-state index contributed by atoms with van der Waals surface area (Å²) in [5, 5.41) is 4.70. The fourth-order valence-corrected chi connectivity index (χ4v) is 5.98. The maximum Gasteiger partial charge on any atom is 0.127 e. The molecule has 0 N–H and O–H groups in total. The summed E-state index contributed by atoms with van der Waals surface area (Å²) in [6.07, 6.45) is 0. The summed E-state index contributed by atoms with van der Waals surface area (Å²) in [7, 11) is 3.50. The number of rotatable bonds is 4. The third-order valence-corrected chi connectivity index (χ3v) is 7.39. The van der Waals surface area contributed by atoms with Gasteiger partial charge in [-0.15, -0.1) is 0 Å². The normalized spacial score (nSPS) is 11.6. The standard InChI is InChI=1S/C34H24O2/c1-35-26-19-20-27(36-2)34-30(23-13-7-4-8-14-23)32-25-18-10-16-21-15-9-17-24(28(21)25)31(32)29(33(26)34)22-11-5-3-6-12-22/h3-20H,1-2H3. The second kappa shape index (κ2) is 8.00. The summed E-state index contributed by atoms with van der Waals surface area (Å²) in [6.45, 7) is 0. The van der Waals surface area contributed by atoms with Crippen LogP contribution < -0.4 is 9.47 Å². The fraction of sp³-hybridized carbons (Fsp3) is 0.0588. The van der Waals surface area contributed by atoms with Gasteiger partial charge in [0.15, 0.2) is 0 Å². The van der Waals surface area contributed by atoms with Gasteiger partial charge in [0.25, 0.3) is 0 Å². The first-order valence-corrected chi connectivity index (χ1v) is 12.2. The predicted molar refractivity (Wildman–Crippen MR) is 150 cm³/mol. The molecule has 6 aromatic carbocycles. The third-order valence-electron chi connectivity index (χ3n) is 7.39. The first kappa shape index (κ1) is 20.8. The van der Waals surface area contributed by atoms with Crippen molar-refractivity contribution in [3.8, 4) is 56.0 Å². The van der Waals surface area contributed by atoms with Gasteiger partial charge in [0.05, 0.1) is 14.2 Å². The van der Waals surface area contributed by atoms with Crippen molar-refractivity contribution in [2.24, 2.45) is 0 Å². The van der Waals surface area contributed by atoms with E-state index >= 15 is 0 Å². The summed E-state index contributed by atoms with van der Waals surface area (Å²) in [5.74, 6) is 1.68. The highest BCUT2D eigenvalue weighted by Crippen LogP contribution is 2.59. The highest BCUT2D eigenvalue weighted by molar-refractivity contribution is 6.29. The number of methoxy groups -OCH3 is 2. The first-order chi connectivity index (χ1) is 17.8. The van der Waals surface area contributed by atoms with E-state index in [0.29, 0.717) is 0 Å². The summed E-state index contributed by atoms with van der Waals surface area (Å²) in [4.78, 5) is 0. The Bertz CT molecular complexity index is 1660. The Balaban J connectivity index is 1.83. The lowest BCUT2D eigenvalue weighted by Gasteiger charge is -2.23. The van der Waals surface area contributed by atoms with E-state index in [0.717, 1.165) is 33.4 Å². The fourth-order valence-electron chi connectivity index (χ4n) is 5.98. The number of hydrogen-bond acceptors (Lipinski definition) is 2. The molecule has 0 heterocycles. The molecule has 36 heavy (non-hydrogen) atoms. The predicted octanol–water partition coefficient (Wildman–Crippen LogP) is 8.99. The minimum atomic E-state index is 0.841. The summed E-state index contributed by atoms with van der Waals surface area (Å²) in [6, 6.07) is 38.7. The number of benzene rings is 6. The maximum absolute atomic E-state index is 6.03. The molecule has 2 nitrogen and oxygen atoms in total. The molecular weight excluding hydrogens is 440 g/mol. The van der Waals surface area contributed by atoms with Gasteiger partial charge in [-0.3, -0.25) is 0 Å². The lowest BCUT2D eigenvalue weighted by molar-refractivity contribution is 0.410. The molecular formula is C34H24O2. The van der Waals surface area contributed by atoms with Crippen molar-refractivity contribution >= 4 is 21.5 Å². The van der Waals surface area contributed by atoms with Gasteiger partial charge >= 0.3 is 0 Å². The van der Waals surface area contributed by atoms with Gasteiger partial charge in [-0.25, -0.2) is 0 Å². The second-order valence-corrected chi connectivity index (χ2v) is 9.16. The second-order valence-electron chi connectivity index (χ2n) is 9.16. The van der Waals surface area contributed by atoms with Crippen molar-refractivity contribution in [1.82, 2.24) is 0 Å². The molecule has 0 saturated heterocycles. The first-order valence-electron chi connectivity index (χ1n) is 12.2.